The number of hydrogen-bond donors (Lipinski definition) is 1. The van der Waals surface area contributed by atoms with Crippen molar-refractivity contribution in [2.24, 2.45) is 5.92 Å². The second-order valence-electron chi connectivity index (χ2n) is 5.18. The highest BCUT2D eigenvalue weighted by Crippen LogP contribution is 2.23. The van der Waals surface area contributed by atoms with Gasteiger partial charge in [0.2, 0.25) is 0 Å². The molecule has 1 aromatic carbocycles. The normalized spacial score (nSPS) is 17.5. The molecule has 3 rings (SSSR count). The van der Waals surface area contributed by atoms with E-state index < -0.39 is 0 Å². The van der Waals surface area contributed by atoms with E-state index in [4.69, 9.17) is 5.26 Å². The third-order valence-electron chi connectivity index (χ3n) is 3.77. The Morgan fingerprint density at radius 2 is 2.05 bits per heavy atom. The van der Waals surface area contributed by atoms with Crippen LogP contribution in [0.25, 0.3) is 0 Å². The number of aromatic nitrogens is 2. The van der Waals surface area contributed by atoms with Gasteiger partial charge in [0, 0.05) is 37.7 Å². The summed E-state index contributed by atoms with van der Waals surface area (Å²) in [4.78, 5) is 10.6. The maximum Gasteiger partial charge on any atom is 0.182 e. The summed E-state index contributed by atoms with van der Waals surface area (Å²) in [5.41, 5.74) is 1.63. The molecular weight excluding hydrogens is 262 g/mol. The molecule has 1 saturated heterocycles. The molecule has 5 heteroatoms. The SMILES string of the molecule is N#Cc1nccnc1NCC1CCN(c2ccccc2)C1. The third kappa shape index (κ3) is 3.11. The maximum atomic E-state index is 9.00. The number of hydrogen-bond acceptors (Lipinski definition) is 5. The molecule has 106 valence electrons. The zero-order valence-corrected chi connectivity index (χ0v) is 11.7. The summed E-state index contributed by atoms with van der Waals surface area (Å²) in [6.07, 6.45) is 4.29. The molecule has 0 radical (unpaired) electrons. The van der Waals surface area contributed by atoms with E-state index >= 15 is 0 Å². The van der Waals surface area contributed by atoms with Crippen molar-refractivity contribution < 1.29 is 0 Å². The van der Waals surface area contributed by atoms with Gasteiger partial charge in [-0.3, -0.25) is 0 Å². The van der Waals surface area contributed by atoms with Crippen LogP contribution >= 0.6 is 0 Å². The first-order valence-electron chi connectivity index (χ1n) is 7.12. The summed E-state index contributed by atoms with van der Waals surface area (Å²) in [7, 11) is 0. The van der Waals surface area contributed by atoms with Gasteiger partial charge in [0.05, 0.1) is 0 Å². The molecule has 0 saturated carbocycles. The Morgan fingerprint density at radius 3 is 2.86 bits per heavy atom. The number of rotatable bonds is 4. The highest BCUT2D eigenvalue weighted by molar-refractivity contribution is 5.48. The summed E-state index contributed by atoms with van der Waals surface area (Å²) in [6, 6.07) is 12.5. The zero-order chi connectivity index (χ0) is 14.5. The number of anilines is 2. The molecule has 0 spiro atoms. The van der Waals surface area contributed by atoms with E-state index in [-0.39, 0.29) is 0 Å². The van der Waals surface area contributed by atoms with Crippen LogP contribution in [0.3, 0.4) is 0 Å². The van der Waals surface area contributed by atoms with Crippen molar-refractivity contribution in [2.75, 3.05) is 29.9 Å². The van der Waals surface area contributed by atoms with Gasteiger partial charge in [-0.05, 0) is 24.5 Å². The van der Waals surface area contributed by atoms with E-state index in [1.165, 1.54) is 11.9 Å². The van der Waals surface area contributed by atoms with E-state index in [0.29, 0.717) is 17.4 Å². The van der Waals surface area contributed by atoms with Crippen LogP contribution in [0.15, 0.2) is 42.7 Å². The highest BCUT2D eigenvalue weighted by Gasteiger charge is 2.22. The van der Waals surface area contributed by atoms with Crippen LogP contribution in [0.5, 0.6) is 0 Å². The number of benzene rings is 1. The van der Waals surface area contributed by atoms with E-state index in [1.807, 2.05) is 6.07 Å². The van der Waals surface area contributed by atoms with Gasteiger partial charge >= 0.3 is 0 Å². The Balaban J connectivity index is 1.57. The lowest BCUT2D eigenvalue weighted by molar-refractivity contribution is 0.621. The maximum absolute atomic E-state index is 9.00. The average molecular weight is 279 g/mol. The molecule has 5 nitrogen and oxygen atoms in total. The molecule has 1 aliphatic rings. The Hall–Kier alpha value is -2.61. The van der Waals surface area contributed by atoms with Crippen molar-refractivity contribution in [3.63, 3.8) is 0 Å². The van der Waals surface area contributed by atoms with Crippen LogP contribution in [0.2, 0.25) is 0 Å². The molecule has 0 aliphatic carbocycles. The van der Waals surface area contributed by atoms with Gasteiger partial charge in [-0.2, -0.15) is 5.26 Å². The Morgan fingerprint density at radius 1 is 1.24 bits per heavy atom. The van der Waals surface area contributed by atoms with Gasteiger partial charge in [0.15, 0.2) is 11.5 Å². The summed E-state index contributed by atoms with van der Waals surface area (Å²) in [5, 5.41) is 12.3. The summed E-state index contributed by atoms with van der Waals surface area (Å²) in [6.45, 7) is 2.91. The van der Waals surface area contributed by atoms with Gasteiger partial charge < -0.3 is 10.2 Å². The molecule has 0 amide bonds. The van der Waals surface area contributed by atoms with Gasteiger partial charge in [-0.15, -0.1) is 0 Å². The standard InChI is InChI=1S/C16H17N5/c17-10-15-16(19-8-7-18-15)20-11-13-6-9-21(12-13)14-4-2-1-3-5-14/h1-5,7-8,13H,6,9,11-12H2,(H,19,20). The van der Waals surface area contributed by atoms with E-state index in [0.717, 1.165) is 26.1 Å². The predicted molar refractivity (Wildman–Crippen MR) is 82.0 cm³/mol. The Kier molecular flexibility index (Phi) is 3.97. The van der Waals surface area contributed by atoms with Crippen molar-refractivity contribution in [2.45, 2.75) is 6.42 Å². The molecular formula is C16H17N5. The number of nitrogens with one attached hydrogen (secondary N) is 1. The lowest BCUT2D eigenvalue weighted by Crippen LogP contribution is -2.22. The second-order valence-corrected chi connectivity index (χ2v) is 5.18. The van der Waals surface area contributed by atoms with Crippen molar-refractivity contribution in [3.8, 4) is 6.07 Å². The van der Waals surface area contributed by atoms with E-state index in [2.05, 4.69) is 50.5 Å². The first kappa shape index (κ1) is 13.4. The van der Waals surface area contributed by atoms with Gasteiger partial charge in [-0.25, -0.2) is 9.97 Å². The van der Waals surface area contributed by atoms with Crippen molar-refractivity contribution in [1.82, 2.24) is 9.97 Å². The molecule has 1 N–H and O–H groups in total. The Bertz CT molecular complexity index is 635. The minimum absolute atomic E-state index is 0.357. The van der Waals surface area contributed by atoms with E-state index in [1.54, 1.807) is 6.20 Å². The molecule has 1 aliphatic heterocycles. The smallest absolute Gasteiger partial charge is 0.182 e. The van der Waals surface area contributed by atoms with Gasteiger partial charge in [-0.1, -0.05) is 18.2 Å². The number of nitrogens with zero attached hydrogens (tertiary/aromatic N) is 4. The second kappa shape index (κ2) is 6.23. The van der Waals surface area contributed by atoms with Gasteiger partial charge in [0.1, 0.15) is 6.07 Å². The molecule has 2 heterocycles. The molecule has 1 fully saturated rings. The topological polar surface area (TPSA) is 64.8 Å². The van der Waals surface area contributed by atoms with Crippen molar-refractivity contribution in [3.05, 3.63) is 48.4 Å². The number of para-hydroxylation sites is 1. The minimum atomic E-state index is 0.357. The average Bonchev–Trinajstić information content (AvgIpc) is 3.03. The highest BCUT2D eigenvalue weighted by atomic mass is 15.2. The fraction of sp³-hybridized carbons (Fsp3) is 0.312. The molecule has 0 bridgehead atoms. The van der Waals surface area contributed by atoms with E-state index in [9.17, 15) is 0 Å². The lowest BCUT2D eigenvalue weighted by Gasteiger charge is -2.18. The fourth-order valence-corrected chi connectivity index (χ4v) is 2.66. The predicted octanol–water partition coefficient (Wildman–Crippen LogP) is 2.29. The van der Waals surface area contributed by atoms with Crippen LogP contribution in [-0.2, 0) is 0 Å². The Labute approximate surface area is 124 Å². The molecule has 2 aromatic rings. The first-order valence-corrected chi connectivity index (χ1v) is 7.12. The quantitative estimate of drug-likeness (QED) is 0.930. The monoisotopic (exact) mass is 279 g/mol. The van der Waals surface area contributed by atoms with Crippen LogP contribution in [0.1, 0.15) is 12.1 Å². The van der Waals surface area contributed by atoms with Crippen LogP contribution in [0, 0.1) is 17.2 Å². The summed E-state index contributed by atoms with van der Waals surface area (Å²) in [5.74, 6) is 1.14. The molecule has 1 atom stereocenters. The van der Waals surface area contributed by atoms with Crippen molar-refractivity contribution >= 4 is 11.5 Å². The molecule has 1 aromatic heterocycles. The largest absolute Gasteiger partial charge is 0.371 e. The van der Waals surface area contributed by atoms with Crippen LogP contribution < -0.4 is 10.2 Å². The summed E-state index contributed by atoms with van der Waals surface area (Å²) >= 11 is 0. The van der Waals surface area contributed by atoms with Crippen LogP contribution in [-0.4, -0.2) is 29.6 Å². The molecule has 21 heavy (non-hydrogen) atoms. The van der Waals surface area contributed by atoms with Crippen LogP contribution in [0.4, 0.5) is 11.5 Å². The number of nitriles is 1. The lowest BCUT2D eigenvalue weighted by atomic mass is 10.1. The summed E-state index contributed by atoms with van der Waals surface area (Å²) < 4.78 is 0. The first-order chi connectivity index (χ1) is 10.4. The van der Waals surface area contributed by atoms with Gasteiger partial charge in [0.25, 0.3) is 0 Å². The van der Waals surface area contributed by atoms with Crippen molar-refractivity contribution in [1.29, 1.82) is 5.26 Å². The minimum Gasteiger partial charge on any atom is -0.371 e. The third-order valence-corrected chi connectivity index (χ3v) is 3.77. The zero-order valence-electron chi connectivity index (χ0n) is 11.7. The molecule has 1 unspecified atom stereocenters. The fourth-order valence-electron chi connectivity index (χ4n) is 2.66.